The zero-order chi connectivity index (χ0) is 14.3. The van der Waals surface area contributed by atoms with Crippen LogP contribution in [0.25, 0.3) is 10.9 Å². The van der Waals surface area contributed by atoms with Crippen molar-refractivity contribution >= 4 is 28.1 Å². The van der Waals surface area contributed by atoms with Crippen molar-refractivity contribution in [3.63, 3.8) is 0 Å². The number of para-hydroxylation sites is 1. The van der Waals surface area contributed by atoms with E-state index in [9.17, 15) is 0 Å². The Hall–Kier alpha value is -2.49. The molecule has 2 heterocycles. The summed E-state index contributed by atoms with van der Waals surface area (Å²) in [6.07, 6.45) is 2.12. The molecular formula is C16H18N4. The van der Waals surface area contributed by atoms with Crippen LogP contribution in [-0.4, -0.2) is 16.6 Å². The molecule has 0 spiro atoms. The van der Waals surface area contributed by atoms with Gasteiger partial charge in [-0.3, -0.25) is 0 Å². The van der Waals surface area contributed by atoms with Gasteiger partial charge in [-0.15, -0.1) is 0 Å². The van der Waals surface area contributed by atoms with E-state index in [0.717, 1.165) is 22.9 Å². The first-order valence-corrected chi connectivity index (χ1v) is 6.59. The molecule has 0 aliphatic heterocycles. The third kappa shape index (κ3) is 1.90. The maximum Gasteiger partial charge on any atom is 0.133 e. The van der Waals surface area contributed by atoms with E-state index in [1.165, 1.54) is 10.9 Å². The van der Waals surface area contributed by atoms with Crippen molar-refractivity contribution in [3.8, 4) is 0 Å². The monoisotopic (exact) mass is 266 g/mol. The van der Waals surface area contributed by atoms with Crippen LogP contribution in [0.4, 0.5) is 17.2 Å². The highest BCUT2D eigenvalue weighted by molar-refractivity contribution is 5.95. The lowest BCUT2D eigenvalue weighted by atomic mass is 10.2. The molecule has 0 atom stereocenters. The van der Waals surface area contributed by atoms with Gasteiger partial charge in [0.05, 0.1) is 17.1 Å². The third-order valence-electron chi connectivity index (χ3n) is 3.69. The van der Waals surface area contributed by atoms with Gasteiger partial charge in [0.2, 0.25) is 0 Å². The van der Waals surface area contributed by atoms with Gasteiger partial charge in [-0.2, -0.15) is 0 Å². The van der Waals surface area contributed by atoms with Crippen LogP contribution in [-0.2, 0) is 7.05 Å². The molecule has 1 aromatic carbocycles. The number of fused-ring (bicyclic) bond motifs is 1. The number of rotatable bonds is 2. The van der Waals surface area contributed by atoms with Gasteiger partial charge < -0.3 is 15.2 Å². The number of pyridine rings is 1. The zero-order valence-electron chi connectivity index (χ0n) is 12.0. The molecule has 0 fully saturated rings. The number of nitrogen functional groups attached to an aromatic ring is 1. The van der Waals surface area contributed by atoms with Gasteiger partial charge in [0, 0.05) is 31.2 Å². The summed E-state index contributed by atoms with van der Waals surface area (Å²) in [5, 5.41) is 1.22. The maximum atomic E-state index is 5.84. The summed E-state index contributed by atoms with van der Waals surface area (Å²) in [6.45, 7) is 1.93. The second kappa shape index (κ2) is 4.56. The van der Waals surface area contributed by atoms with E-state index in [-0.39, 0.29) is 0 Å². The standard InChI is InChI=1S/C16H18N4/c1-11-13(17)8-9-16(18-11)20(3)15-10-19(2)14-7-5-4-6-12(14)15/h4-10H,17H2,1-3H3. The average Bonchev–Trinajstić information content (AvgIpc) is 2.79. The molecule has 102 valence electrons. The van der Waals surface area contributed by atoms with Crippen molar-refractivity contribution < 1.29 is 0 Å². The molecule has 0 amide bonds. The van der Waals surface area contributed by atoms with Crippen molar-refractivity contribution in [1.29, 1.82) is 0 Å². The molecule has 4 heteroatoms. The lowest BCUT2D eigenvalue weighted by molar-refractivity contribution is 0.963. The number of aromatic nitrogens is 2. The molecule has 0 radical (unpaired) electrons. The van der Waals surface area contributed by atoms with E-state index in [2.05, 4.69) is 52.0 Å². The molecule has 0 aliphatic rings. The summed E-state index contributed by atoms with van der Waals surface area (Å²) in [7, 11) is 4.08. The van der Waals surface area contributed by atoms with Crippen LogP contribution in [0.15, 0.2) is 42.6 Å². The highest BCUT2D eigenvalue weighted by Gasteiger charge is 2.13. The molecule has 4 nitrogen and oxygen atoms in total. The molecule has 20 heavy (non-hydrogen) atoms. The fourth-order valence-electron chi connectivity index (χ4n) is 2.46. The van der Waals surface area contributed by atoms with E-state index in [4.69, 9.17) is 5.73 Å². The molecule has 0 saturated carbocycles. The maximum absolute atomic E-state index is 5.84. The van der Waals surface area contributed by atoms with E-state index in [1.54, 1.807) is 0 Å². The van der Waals surface area contributed by atoms with Crippen molar-refractivity contribution in [2.45, 2.75) is 6.92 Å². The van der Waals surface area contributed by atoms with E-state index in [1.807, 2.05) is 26.1 Å². The zero-order valence-corrected chi connectivity index (χ0v) is 12.0. The minimum absolute atomic E-state index is 0.722. The van der Waals surface area contributed by atoms with Gasteiger partial charge in [0.15, 0.2) is 0 Å². The van der Waals surface area contributed by atoms with Crippen LogP contribution >= 0.6 is 0 Å². The average molecular weight is 266 g/mol. The predicted molar refractivity (Wildman–Crippen MR) is 84.4 cm³/mol. The van der Waals surface area contributed by atoms with Gasteiger partial charge in [-0.25, -0.2) is 4.98 Å². The first-order chi connectivity index (χ1) is 9.58. The first kappa shape index (κ1) is 12.5. The normalized spacial score (nSPS) is 10.9. The van der Waals surface area contributed by atoms with E-state index in [0.29, 0.717) is 0 Å². The Kier molecular flexibility index (Phi) is 2.86. The minimum Gasteiger partial charge on any atom is -0.397 e. The summed E-state index contributed by atoms with van der Waals surface area (Å²) in [5.74, 6) is 0.896. The molecule has 0 aliphatic carbocycles. The molecule has 0 bridgehead atoms. The minimum atomic E-state index is 0.722. The Bertz CT molecular complexity index is 773. The Labute approximate surface area is 118 Å². The number of hydrogen-bond acceptors (Lipinski definition) is 3. The van der Waals surface area contributed by atoms with E-state index < -0.39 is 0 Å². The topological polar surface area (TPSA) is 47.1 Å². The lowest BCUT2D eigenvalue weighted by Gasteiger charge is -2.18. The summed E-state index contributed by atoms with van der Waals surface area (Å²) >= 11 is 0. The highest BCUT2D eigenvalue weighted by Crippen LogP contribution is 2.31. The molecular weight excluding hydrogens is 248 g/mol. The molecule has 3 rings (SSSR count). The van der Waals surface area contributed by atoms with Gasteiger partial charge in [-0.05, 0) is 25.1 Å². The fraction of sp³-hybridized carbons (Fsp3) is 0.188. The largest absolute Gasteiger partial charge is 0.397 e. The molecule has 0 saturated heterocycles. The van der Waals surface area contributed by atoms with Gasteiger partial charge in [0.25, 0.3) is 0 Å². The van der Waals surface area contributed by atoms with Crippen LogP contribution in [0.3, 0.4) is 0 Å². The fourth-order valence-corrected chi connectivity index (χ4v) is 2.46. The van der Waals surface area contributed by atoms with Gasteiger partial charge >= 0.3 is 0 Å². The van der Waals surface area contributed by atoms with E-state index >= 15 is 0 Å². The van der Waals surface area contributed by atoms with Crippen molar-refractivity contribution in [2.75, 3.05) is 17.7 Å². The summed E-state index contributed by atoms with van der Waals surface area (Å²) in [4.78, 5) is 6.65. The number of aryl methyl sites for hydroxylation is 2. The second-order valence-corrected chi connectivity index (χ2v) is 5.05. The van der Waals surface area contributed by atoms with Crippen LogP contribution in [0.1, 0.15) is 5.69 Å². The predicted octanol–water partition coefficient (Wildman–Crippen LogP) is 3.23. The molecule has 2 aromatic heterocycles. The third-order valence-corrected chi connectivity index (χ3v) is 3.69. The first-order valence-electron chi connectivity index (χ1n) is 6.59. The van der Waals surface area contributed by atoms with Crippen molar-refractivity contribution in [1.82, 2.24) is 9.55 Å². The summed E-state index contributed by atoms with van der Waals surface area (Å²) < 4.78 is 2.13. The van der Waals surface area contributed by atoms with Crippen LogP contribution in [0.2, 0.25) is 0 Å². The number of nitrogens with two attached hydrogens (primary N) is 1. The Morgan fingerprint density at radius 2 is 1.90 bits per heavy atom. The Morgan fingerprint density at radius 1 is 1.15 bits per heavy atom. The van der Waals surface area contributed by atoms with Crippen molar-refractivity contribution in [3.05, 3.63) is 48.3 Å². The Balaban J connectivity index is 2.12. The summed E-state index contributed by atoms with van der Waals surface area (Å²) in [5.41, 5.74) is 9.76. The highest BCUT2D eigenvalue weighted by atomic mass is 15.2. The van der Waals surface area contributed by atoms with Crippen molar-refractivity contribution in [2.24, 2.45) is 7.05 Å². The summed E-state index contributed by atoms with van der Waals surface area (Å²) in [6, 6.07) is 12.2. The van der Waals surface area contributed by atoms with Crippen LogP contribution in [0.5, 0.6) is 0 Å². The number of hydrogen-bond donors (Lipinski definition) is 1. The van der Waals surface area contributed by atoms with Gasteiger partial charge in [-0.1, -0.05) is 18.2 Å². The quantitative estimate of drug-likeness (QED) is 0.774. The number of benzene rings is 1. The smallest absolute Gasteiger partial charge is 0.133 e. The van der Waals surface area contributed by atoms with Crippen LogP contribution < -0.4 is 10.6 Å². The molecule has 3 aromatic rings. The van der Waals surface area contributed by atoms with Gasteiger partial charge in [0.1, 0.15) is 5.82 Å². The number of anilines is 3. The molecule has 0 unspecified atom stereocenters. The lowest BCUT2D eigenvalue weighted by Crippen LogP contribution is -2.11. The molecule has 2 N–H and O–H groups in total. The Morgan fingerprint density at radius 3 is 2.65 bits per heavy atom. The van der Waals surface area contributed by atoms with Crippen LogP contribution in [0, 0.1) is 6.92 Å². The SMILES string of the molecule is Cc1nc(N(C)c2cn(C)c3ccccc23)ccc1N. The second-order valence-electron chi connectivity index (χ2n) is 5.05. The number of nitrogens with zero attached hydrogens (tertiary/aromatic N) is 3.